The highest BCUT2D eigenvalue weighted by Gasteiger charge is 2.08. The Morgan fingerprint density at radius 1 is 1.06 bits per heavy atom. The lowest BCUT2D eigenvalue weighted by Crippen LogP contribution is -2.11. The Balaban J connectivity index is 2.28. The number of benzene rings is 1. The van der Waals surface area contributed by atoms with Gasteiger partial charge in [-0.15, -0.1) is 0 Å². The number of nitrogens with two attached hydrogens (primary N) is 1. The zero-order valence-corrected chi connectivity index (χ0v) is 9.78. The maximum Gasteiger partial charge on any atom is 0.0566 e. The molecule has 0 amide bonds. The van der Waals surface area contributed by atoms with Crippen molar-refractivity contribution in [2.24, 2.45) is 5.73 Å². The van der Waals surface area contributed by atoms with Gasteiger partial charge in [-0.25, -0.2) is 0 Å². The van der Waals surface area contributed by atoms with E-state index in [1.807, 2.05) is 49.5 Å². The first-order valence-electron chi connectivity index (χ1n) is 5.10. The normalized spacial score (nSPS) is 12.4. The van der Waals surface area contributed by atoms with Crippen molar-refractivity contribution in [3.05, 3.63) is 64.4 Å². The van der Waals surface area contributed by atoms with Crippen molar-refractivity contribution in [2.75, 3.05) is 0 Å². The van der Waals surface area contributed by atoms with E-state index in [1.165, 1.54) is 0 Å². The predicted molar refractivity (Wildman–Crippen MR) is 66.5 cm³/mol. The van der Waals surface area contributed by atoms with E-state index in [4.69, 9.17) is 17.3 Å². The number of hydrogen-bond acceptors (Lipinski definition) is 2. The number of rotatable bonds is 2. The van der Waals surface area contributed by atoms with Crippen LogP contribution in [0.1, 0.15) is 22.9 Å². The molecule has 1 atom stereocenters. The largest absolute Gasteiger partial charge is 0.320 e. The van der Waals surface area contributed by atoms with Crippen LogP contribution < -0.4 is 5.73 Å². The summed E-state index contributed by atoms with van der Waals surface area (Å²) in [6.07, 6.45) is 1.81. The van der Waals surface area contributed by atoms with Crippen LogP contribution >= 0.6 is 11.6 Å². The van der Waals surface area contributed by atoms with E-state index < -0.39 is 0 Å². The molecule has 2 rings (SSSR count). The first-order chi connectivity index (χ1) is 7.66. The van der Waals surface area contributed by atoms with Crippen molar-refractivity contribution in [3.63, 3.8) is 0 Å². The minimum atomic E-state index is -0.148. The third-order valence-electron chi connectivity index (χ3n) is 2.52. The Morgan fingerprint density at radius 2 is 1.69 bits per heavy atom. The van der Waals surface area contributed by atoms with Crippen LogP contribution in [-0.4, -0.2) is 4.98 Å². The Bertz CT molecular complexity index is 417. The van der Waals surface area contributed by atoms with Gasteiger partial charge in [-0.3, -0.25) is 4.98 Å². The average molecular weight is 233 g/mol. The Hall–Kier alpha value is -1.38. The first-order valence-corrected chi connectivity index (χ1v) is 5.48. The Labute approximate surface area is 100 Å². The summed E-state index contributed by atoms with van der Waals surface area (Å²) in [6, 6.07) is 11.4. The highest BCUT2D eigenvalue weighted by Crippen LogP contribution is 2.20. The van der Waals surface area contributed by atoms with Crippen LogP contribution in [-0.2, 0) is 0 Å². The second-order valence-corrected chi connectivity index (χ2v) is 4.20. The van der Waals surface area contributed by atoms with Gasteiger partial charge < -0.3 is 5.73 Å². The number of pyridine rings is 1. The molecule has 2 nitrogen and oxygen atoms in total. The minimum Gasteiger partial charge on any atom is -0.320 e. The monoisotopic (exact) mass is 232 g/mol. The summed E-state index contributed by atoms with van der Waals surface area (Å²) in [4.78, 5) is 4.24. The molecule has 0 fully saturated rings. The van der Waals surface area contributed by atoms with Gasteiger partial charge in [0.2, 0.25) is 0 Å². The molecule has 0 aliphatic heterocycles. The van der Waals surface area contributed by atoms with Gasteiger partial charge in [-0.1, -0.05) is 29.8 Å². The second-order valence-electron chi connectivity index (χ2n) is 3.76. The molecule has 16 heavy (non-hydrogen) atoms. The fraction of sp³-hybridized carbons (Fsp3) is 0.154. The third-order valence-corrected chi connectivity index (χ3v) is 2.77. The van der Waals surface area contributed by atoms with Crippen molar-refractivity contribution in [3.8, 4) is 0 Å². The molecule has 0 saturated heterocycles. The Kier molecular flexibility index (Phi) is 3.22. The molecule has 0 aliphatic rings. The molecule has 1 aromatic carbocycles. The van der Waals surface area contributed by atoms with Crippen LogP contribution in [0.5, 0.6) is 0 Å². The summed E-state index contributed by atoms with van der Waals surface area (Å²) >= 11 is 5.83. The molecule has 0 spiro atoms. The standard InChI is InChI=1S/C13H13ClN2/c1-9-2-3-11(8-16-9)13(15)10-4-6-12(14)7-5-10/h2-8,13H,15H2,1H3. The number of aryl methyl sites for hydroxylation is 1. The maximum atomic E-state index is 6.13. The number of aromatic nitrogens is 1. The third kappa shape index (κ3) is 2.40. The van der Waals surface area contributed by atoms with E-state index in [2.05, 4.69) is 4.98 Å². The van der Waals surface area contributed by atoms with Crippen LogP contribution in [0.3, 0.4) is 0 Å². The van der Waals surface area contributed by atoms with Crippen LogP contribution in [0.15, 0.2) is 42.6 Å². The van der Waals surface area contributed by atoms with Gasteiger partial charge in [0.25, 0.3) is 0 Å². The number of hydrogen-bond donors (Lipinski definition) is 1. The number of halogens is 1. The fourth-order valence-electron chi connectivity index (χ4n) is 1.53. The molecule has 1 aromatic heterocycles. The van der Waals surface area contributed by atoms with Gasteiger partial charge in [0.05, 0.1) is 6.04 Å². The van der Waals surface area contributed by atoms with Crippen LogP contribution in [0.25, 0.3) is 0 Å². The summed E-state index contributed by atoms with van der Waals surface area (Å²) in [7, 11) is 0. The minimum absolute atomic E-state index is 0.148. The molecule has 2 N–H and O–H groups in total. The van der Waals surface area contributed by atoms with E-state index in [-0.39, 0.29) is 6.04 Å². The van der Waals surface area contributed by atoms with Gasteiger partial charge in [0.1, 0.15) is 0 Å². The predicted octanol–water partition coefficient (Wildman–Crippen LogP) is 3.09. The van der Waals surface area contributed by atoms with Gasteiger partial charge >= 0.3 is 0 Å². The highest BCUT2D eigenvalue weighted by atomic mass is 35.5. The molecule has 3 heteroatoms. The van der Waals surface area contributed by atoms with E-state index >= 15 is 0 Å². The molecular weight excluding hydrogens is 220 g/mol. The van der Waals surface area contributed by atoms with E-state index in [9.17, 15) is 0 Å². The lowest BCUT2D eigenvalue weighted by atomic mass is 10.0. The molecule has 0 bridgehead atoms. The van der Waals surface area contributed by atoms with E-state index in [0.29, 0.717) is 0 Å². The lowest BCUT2D eigenvalue weighted by molar-refractivity contribution is 0.860. The highest BCUT2D eigenvalue weighted by molar-refractivity contribution is 6.30. The summed E-state index contributed by atoms with van der Waals surface area (Å²) < 4.78 is 0. The molecule has 1 unspecified atom stereocenters. The molecule has 82 valence electrons. The topological polar surface area (TPSA) is 38.9 Å². The SMILES string of the molecule is Cc1ccc(C(N)c2ccc(Cl)cc2)cn1. The summed E-state index contributed by atoms with van der Waals surface area (Å²) in [5, 5.41) is 0.720. The van der Waals surface area contributed by atoms with Gasteiger partial charge in [-0.2, -0.15) is 0 Å². The molecule has 0 radical (unpaired) electrons. The van der Waals surface area contributed by atoms with Gasteiger partial charge in [0, 0.05) is 16.9 Å². The Morgan fingerprint density at radius 3 is 2.25 bits per heavy atom. The van der Waals surface area contributed by atoms with Gasteiger partial charge in [-0.05, 0) is 36.2 Å². The average Bonchev–Trinajstić information content (AvgIpc) is 2.30. The molecule has 1 heterocycles. The molecule has 2 aromatic rings. The van der Waals surface area contributed by atoms with Crippen molar-refractivity contribution >= 4 is 11.6 Å². The van der Waals surface area contributed by atoms with E-state index in [1.54, 1.807) is 0 Å². The van der Waals surface area contributed by atoms with Crippen molar-refractivity contribution < 1.29 is 0 Å². The lowest BCUT2D eigenvalue weighted by Gasteiger charge is -2.12. The summed E-state index contributed by atoms with van der Waals surface area (Å²) in [5.41, 5.74) is 9.17. The zero-order chi connectivity index (χ0) is 11.5. The van der Waals surface area contributed by atoms with Crippen molar-refractivity contribution in [1.82, 2.24) is 4.98 Å². The van der Waals surface area contributed by atoms with Crippen LogP contribution in [0, 0.1) is 6.92 Å². The summed E-state index contributed by atoms with van der Waals surface area (Å²) in [5.74, 6) is 0. The summed E-state index contributed by atoms with van der Waals surface area (Å²) in [6.45, 7) is 1.96. The smallest absolute Gasteiger partial charge is 0.0566 e. The zero-order valence-electron chi connectivity index (χ0n) is 9.02. The first kappa shape index (κ1) is 11.1. The number of nitrogens with zero attached hydrogens (tertiary/aromatic N) is 1. The van der Waals surface area contributed by atoms with Gasteiger partial charge in [0.15, 0.2) is 0 Å². The second kappa shape index (κ2) is 4.64. The van der Waals surface area contributed by atoms with Crippen molar-refractivity contribution in [2.45, 2.75) is 13.0 Å². The molecule has 0 saturated carbocycles. The van der Waals surface area contributed by atoms with E-state index in [0.717, 1.165) is 21.8 Å². The van der Waals surface area contributed by atoms with Crippen LogP contribution in [0.4, 0.5) is 0 Å². The quantitative estimate of drug-likeness (QED) is 0.864. The fourth-order valence-corrected chi connectivity index (χ4v) is 1.65. The van der Waals surface area contributed by atoms with Crippen molar-refractivity contribution in [1.29, 1.82) is 0 Å². The molecular formula is C13H13ClN2. The van der Waals surface area contributed by atoms with Crippen LogP contribution in [0.2, 0.25) is 5.02 Å². The molecule has 0 aliphatic carbocycles. The maximum absolute atomic E-state index is 6.13.